The molecule has 1 aromatic carbocycles. The first kappa shape index (κ1) is 15.5. The molecule has 7 heteroatoms. The number of amides is 3. The summed E-state index contributed by atoms with van der Waals surface area (Å²) >= 11 is 0. The molecule has 2 aromatic rings. The second-order valence-corrected chi connectivity index (χ2v) is 5.09. The number of carbonyl (C=O) groups excluding carboxylic acids is 3. The fraction of sp³-hybridized carbons (Fsp3) is 0.118. The lowest BCUT2D eigenvalue weighted by Crippen LogP contribution is -2.25. The molecular formula is C17H14N2O5. The van der Waals surface area contributed by atoms with Gasteiger partial charge in [0.1, 0.15) is 17.2 Å². The van der Waals surface area contributed by atoms with Crippen LogP contribution in [0.2, 0.25) is 0 Å². The molecule has 0 radical (unpaired) electrons. The monoisotopic (exact) mass is 326 g/mol. The van der Waals surface area contributed by atoms with Crippen LogP contribution in [0.25, 0.3) is 17.4 Å². The van der Waals surface area contributed by atoms with Crippen molar-refractivity contribution in [1.29, 1.82) is 0 Å². The van der Waals surface area contributed by atoms with E-state index < -0.39 is 17.9 Å². The number of nitrogens with one attached hydrogen (secondary N) is 1. The van der Waals surface area contributed by atoms with E-state index in [1.165, 1.54) is 20.2 Å². The Morgan fingerprint density at radius 3 is 2.62 bits per heavy atom. The topological polar surface area (TPSA) is 88.9 Å². The third kappa shape index (κ3) is 2.67. The summed E-state index contributed by atoms with van der Waals surface area (Å²) in [7, 11) is 2.70. The summed E-state index contributed by atoms with van der Waals surface area (Å²) in [6.07, 6.45) is 1.44. The van der Waals surface area contributed by atoms with Gasteiger partial charge in [-0.3, -0.25) is 9.69 Å². The molecule has 0 atom stereocenters. The van der Waals surface area contributed by atoms with Crippen LogP contribution in [0.15, 0.2) is 46.5 Å². The SMILES string of the molecule is COC(=O)c1ccccc1-c1ccc(/C=C2/NC(=O)N(C)C2=O)o1. The van der Waals surface area contributed by atoms with Gasteiger partial charge in [-0.15, -0.1) is 0 Å². The highest BCUT2D eigenvalue weighted by Crippen LogP contribution is 2.27. The molecule has 122 valence electrons. The lowest BCUT2D eigenvalue weighted by Gasteiger charge is -2.04. The van der Waals surface area contributed by atoms with Crippen LogP contribution in [0.5, 0.6) is 0 Å². The van der Waals surface area contributed by atoms with E-state index >= 15 is 0 Å². The van der Waals surface area contributed by atoms with Gasteiger partial charge in [0, 0.05) is 18.7 Å². The van der Waals surface area contributed by atoms with Gasteiger partial charge in [0.2, 0.25) is 0 Å². The van der Waals surface area contributed by atoms with Gasteiger partial charge in [-0.25, -0.2) is 9.59 Å². The number of likely N-dealkylation sites (N-methyl/N-ethyl adjacent to an activating group) is 1. The summed E-state index contributed by atoms with van der Waals surface area (Å²) < 4.78 is 10.4. The Hall–Kier alpha value is -3.35. The zero-order valence-corrected chi connectivity index (χ0v) is 13.0. The number of esters is 1. The summed E-state index contributed by atoms with van der Waals surface area (Å²) in [4.78, 5) is 36.1. The van der Waals surface area contributed by atoms with Gasteiger partial charge in [0.25, 0.3) is 5.91 Å². The summed E-state index contributed by atoms with van der Waals surface area (Å²) in [6.45, 7) is 0. The minimum Gasteiger partial charge on any atom is -0.465 e. The Kier molecular flexibility index (Phi) is 3.91. The molecule has 3 rings (SSSR count). The number of nitrogens with zero attached hydrogens (tertiary/aromatic N) is 1. The van der Waals surface area contributed by atoms with Gasteiger partial charge in [0.05, 0.1) is 12.7 Å². The third-order valence-corrected chi connectivity index (χ3v) is 3.59. The van der Waals surface area contributed by atoms with Gasteiger partial charge >= 0.3 is 12.0 Å². The van der Waals surface area contributed by atoms with Crippen molar-refractivity contribution < 1.29 is 23.5 Å². The van der Waals surface area contributed by atoms with Crippen molar-refractivity contribution in [3.63, 3.8) is 0 Å². The average Bonchev–Trinajstić information content (AvgIpc) is 3.15. The predicted octanol–water partition coefficient (Wildman–Crippen LogP) is 2.26. The highest BCUT2D eigenvalue weighted by Gasteiger charge is 2.30. The van der Waals surface area contributed by atoms with Crippen LogP contribution in [-0.4, -0.2) is 37.0 Å². The molecule has 1 aromatic heterocycles. The van der Waals surface area contributed by atoms with Crippen molar-refractivity contribution in [2.24, 2.45) is 0 Å². The van der Waals surface area contributed by atoms with Gasteiger partial charge in [-0.05, 0) is 18.2 Å². The zero-order valence-electron chi connectivity index (χ0n) is 13.0. The first-order valence-electron chi connectivity index (χ1n) is 7.09. The number of methoxy groups -OCH3 is 1. The molecule has 2 heterocycles. The third-order valence-electron chi connectivity index (χ3n) is 3.59. The minimum atomic E-state index is -0.492. The molecule has 24 heavy (non-hydrogen) atoms. The molecule has 1 aliphatic rings. The predicted molar refractivity (Wildman–Crippen MR) is 84.8 cm³/mol. The van der Waals surface area contributed by atoms with E-state index in [1.54, 1.807) is 36.4 Å². The molecule has 1 N–H and O–H groups in total. The quantitative estimate of drug-likeness (QED) is 0.531. The van der Waals surface area contributed by atoms with Crippen LogP contribution >= 0.6 is 0 Å². The van der Waals surface area contributed by atoms with Crippen molar-refractivity contribution in [3.05, 3.63) is 53.4 Å². The van der Waals surface area contributed by atoms with Crippen LogP contribution in [-0.2, 0) is 9.53 Å². The summed E-state index contributed by atoms with van der Waals surface area (Å²) in [5, 5.41) is 2.45. The van der Waals surface area contributed by atoms with E-state index in [9.17, 15) is 14.4 Å². The Labute approximate surface area is 137 Å². The van der Waals surface area contributed by atoms with Crippen LogP contribution in [0, 0.1) is 0 Å². The summed E-state index contributed by atoms with van der Waals surface area (Å²) in [5.74, 6) is -0.0775. The van der Waals surface area contributed by atoms with E-state index in [0.717, 1.165) is 4.90 Å². The molecule has 0 aliphatic carbocycles. The highest BCUT2D eigenvalue weighted by atomic mass is 16.5. The molecule has 0 spiro atoms. The maximum absolute atomic E-state index is 11.9. The maximum Gasteiger partial charge on any atom is 0.338 e. The number of hydrogen-bond donors (Lipinski definition) is 1. The van der Waals surface area contributed by atoms with E-state index in [0.29, 0.717) is 22.6 Å². The fourth-order valence-corrected chi connectivity index (χ4v) is 2.33. The molecule has 1 aliphatic heterocycles. The largest absolute Gasteiger partial charge is 0.465 e. The van der Waals surface area contributed by atoms with Crippen LogP contribution in [0.3, 0.4) is 0 Å². The normalized spacial score (nSPS) is 15.8. The Balaban J connectivity index is 1.94. The molecule has 1 saturated heterocycles. The maximum atomic E-state index is 11.9. The molecule has 0 saturated carbocycles. The Morgan fingerprint density at radius 2 is 1.96 bits per heavy atom. The number of hydrogen-bond acceptors (Lipinski definition) is 5. The van der Waals surface area contributed by atoms with E-state index in [2.05, 4.69) is 5.32 Å². The van der Waals surface area contributed by atoms with E-state index in [1.807, 2.05) is 0 Å². The standard InChI is InChI=1S/C17H14N2O5/c1-19-15(20)13(18-17(19)22)9-10-7-8-14(24-10)11-5-3-4-6-12(11)16(21)23-2/h3-9H,1-2H3,(H,18,22)/b13-9+. The lowest BCUT2D eigenvalue weighted by atomic mass is 10.1. The molecule has 1 fully saturated rings. The van der Waals surface area contributed by atoms with E-state index in [-0.39, 0.29) is 5.70 Å². The number of urea groups is 1. The van der Waals surface area contributed by atoms with Crippen molar-refractivity contribution in [1.82, 2.24) is 10.2 Å². The number of benzene rings is 1. The summed E-state index contributed by atoms with van der Waals surface area (Å²) in [6, 6.07) is 9.71. The number of ether oxygens (including phenoxy) is 1. The molecule has 3 amide bonds. The van der Waals surface area contributed by atoms with Crippen molar-refractivity contribution in [2.75, 3.05) is 14.2 Å². The van der Waals surface area contributed by atoms with Crippen molar-refractivity contribution in [3.8, 4) is 11.3 Å². The van der Waals surface area contributed by atoms with Crippen LogP contribution < -0.4 is 5.32 Å². The number of rotatable bonds is 3. The second-order valence-electron chi connectivity index (χ2n) is 5.09. The van der Waals surface area contributed by atoms with Gasteiger partial charge < -0.3 is 14.5 Å². The van der Waals surface area contributed by atoms with Gasteiger partial charge in [-0.2, -0.15) is 0 Å². The first-order valence-corrected chi connectivity index (χ1v) is 7.09. The molecule has 7 nitrogen and oxygen atoms in total. The van der Waals surface area contributed by atoms with Crippen LogP contribution in [0.4, 0.5) is 4.79 Å². The molecule has 0 bridgehead atoms. The summed E-state index contributed by atoms with van der Waals surface area (Å²) in [5.41, 5.74) is 1.08. The Bertz CT molecular complexity index is 865. The van der Waals surface area contributed by atoms with Gasteiger partial charge in [0.15, 0.2) is 0 Å². The lowest BCUT2D eigenvalue weighted by molar-refractivity contribution is -0.121. The number of furan rings is 1. The minimum absolute atomic E-state index is 0.129. The van der Waals surface area contributed by atoms with Crippen LogP contribution in [0.1, 0.15) is 16.1 Å². The van der Waals surface area contributed by atoms with E-state index in [4.69, 9.17) is 9.15 Å². The first-order chi connectivity index (χ1) is 11.5. The average molecular weight is 326 g/mol. The smallest absolute Gasteiger partial charge is 0.338 e. The van der Waals surface area contributed by atoms with Crippen molar-refractivity contribution in [2.45, 2.75) is 0 Å². The Morgan fingerprint density at radius 1 is 1.21 bits per heavy atom. The molecule has 0 unspecified atom stereocenters. The second kappa shape index (κ2) is 6.04. The fourth-order valence-electron chi connectivity index (χ4n) is 2.33. The number of imide groups is 1. The van der Waals surface area contributed by atoms with Crippen molar-refractivity contribution >= 4 is 24.0 Å². The molecular weight excluding hydrogens is 312 g/mol. The van der Waals surface area contributed by atoms with Gasteiger partial charge in [-0.1, -0.05) is 18.2 Å². The zero-order chi connectivity index (χ0) is 17.3. The number of carbonyl (C=O) groups is 3. The highest BCUT2D eigenvalue weighted by molar-refractivity contribution is 6.13.